The molecule has 3 N–H and O–H groups in total. The monoisotopic (exact) mass is 195 g/mol. The SMILES string of the molecule is COP(=O)(NCC(N)=O)N(C)C. The third kappa shape index (κ3) is 3.32. The van der Waals surface area contributed by atoms with Gasteiger partial charge in [-0.05, 0) is 14.1 Å². The van der Waals surface area contributed by atoms with Crippen molar-refractivity contribution in [3.63, 3.8) is 0 Å². The lowest BCUT2D eigenvalue weighted by Crippen LogP contribution is -2.31. The molecule has 0 rings (SSSR count). The van der Waals surface area contributed by atoms with E-state index in [4.69, 9.17) is 10.3 Å². The summed E-state index contributed by atoms with van der Waals surface area (Å²) in [5.41, 5.74) is 4.86. The Morgan fingerprint density at radius 3 is 2.42 bits per heavy atom. The Morgan fingerprint density at radius 2 is 2.17 bits per heavy atom. The molecule has 0 spiro atoms. The van der Waals surface area contributed by atoms with Gasteiger partial charge in [0.25, 0.3) is 0 Å². The number of nitrogens with zero attached hydrogens (tertiary/aromatic N) is 1. The summed E-state index contributed by atoms with van der Waals surface area (Å²) in [6.07, 6.45) is 0. The molecule has 0 aromatic rings. The number of rotatable bonds is 5. The first-order valence-electron chi connectivity index (χ1n) is 3.29. The number of nitrogens with two attached hydrogens (primary N) is 1. The van der Waals surface area contributed by atoms with E-state index in [1.165, 1.54) is 11.8 Å². The fourth-order valence-electron chi connectivity index (χ4n) is 0.547. The summed E-state index contributed by atoms with van der Waals surface area (Å²) in [7, 11) is 1.42. The molecule has 1 amide bonds. The van der Waals surface area contributed by atoms with Gasteiger partial charge in [0.15, 0.2) is 0 Å². The zero-order valence-corrected chi connectivity index (χ0v) is 8.30. The number of hydrogen-bond donors (Lipinski definition) is 2. The second kappa shape index (κ2) is 4.57. The molecule has 0 aliphatic heterocycles. The van der Waals surface area contributed by atoms with Gasteiger partial charge in [-0.15, -0.1) is 0 Å². The van der Waals surface area contributed by atoms with Crippen LogP contribution in [0.3, 0.4) is 0 Å². The van der Waals surface area contributed by atoms with Crippen LogP contribution in [-0.4, -0.2) is 38.3 Å². The van der Waals surface area contributed by atoms with Crippen LogP contribution in [0.25, 0.3) is 0 Å². The number of hydrogen-bond acceptors (Lipinski definition) is 3. The molecule has 0 aromatic heterocycles. The molecule has 72 valence electrons. The molecular formula is C5H14N3O3P. The van der Waals surface area contributed by atoms with Gasteiger partial charge in [-0.2, -0.15) is 0 Å². The number of carbonyl (C=O) groups excluding carboxylic acids is 1. The Kier molecular flexibility index (Phi) is 4.41. The first-order valence-corrected chi connectivity index (χ1v) is 4.87. The molecule has 0 aromatic carbocycles. The van der Waals surface area contributed by atoms with Crippen LogP contribution < -0.4 is 10.8 Å². The average Bonchev–Trinajstić information content (AvgIpc) is 1.99. The van der Waals surface area contributed by atoms with Crippen LogP contribution in [-0.2, 0) is 13.9 Å². The molecule has 0 radical (unpaired) electrons. The minimum Gasteiger partial charge on any atom is -0.369 e. The zero-order valence-electron chi connectivity index (χ0n) is 7.40. The Hall–Kier alpha value is -0.420. The molecule has 0 bridgehead atoms. The van der Waals surface area contributed by atoms with Gasteiger partial charge in [-0.3, -0.25) is 9.36 Å². The van der Waals surface area contributed by atoms with Crippen molar-refractivity contribution in [2.45, 2.75) is 0 Å². The van der Waals surface area contributed by atoms with Crippen LogP contribution in [0.1, 0.15) is 0 Å². The third-order valence-corrected chi connectivity index (χ3v) is 3.33. The van der Waals surface area contributed by atoms with Crippen molar-refractivity contribution >= 4 is 13.6 Å². The Bertz CT molecular complexity index is 206. The normalized spacial score (nSPS) is 16.0. The number of amides is 1. The van der Waals surface area contributed by atoms with Crippen molar-refractivity contribution in [3.8, 4) is 0 Å². The standard InChI is InChI=1S/C5H14N3O3P/c1-8(2)12(10,11-3)7-4-5(6)9/h4H2,1-3H3,(H2,6,9)(H,7,10). The average molecular weight is 195 g/mol. The maximum atomic E-state index is 11.6. The van der Waals surface area contributed by atoms with Gasteiger partial charge >= 0.3 is 7.67 Å². The van der Waals surface area contributed by atoms with Crippen LogP contribution in [0.2, 0.25) is 0 Å². The molecule has 0 aliphatic rings. The highest BCUT2D eigenvalue weighted by Crippen LogP contribution is 2.42. The van der Waals surface area contributed by atoms with Crippen molar-refractivity contribution in [1.82, 2.24) is 9.76 Å². The molecule has 0 saturated heterocycles. The van der Waals surface area contributed by atoms with E-state index in [0.717, 1.165) is 0 Å². The van der Waals surface area contributed by atoms with E-state index >= 15 is 0 Å². The number of carbonyl (C=O) groups is 1. The van der Waals surface area contributed by atoms with E-state index in [2.05, 4.69) is 5.09 Å². The van der Waals surface area contributed by atoms with Crippen molar-refractivity contribution in [3.05, 3.63) is 0 Å². The van der Waals surface area contributed by atoms with Crippen molar-refractivity contribution in [2.24, 2.45) is 5.73 Å². The molecule has 0 heterocycles. The van der Waals surface area contributed by atoms with Crippen molar-refractivity contribution in [2.75, 3.05) is 27.7 Å². The zero-order chi connectivity index (χ0) is 9.78. The molecule has 6 nitrogen and oxygen atoms in total. The van der Waals surface area contributed by atoms with E-state index in [1.54, 1.807) is 14.1 Å². The summed E-state index contributed by atoms with van der Waals surface area (Å²) >= 11 is 0. The predicted molar refractivity (Wildman–Crippen MR) is 45.5 cm³/mol. The Morgan fingerprint density at radius 1 is 1.67 bits per heavy atom. The van der Waals surface area contributed by atoms with E-state index in [0.29, 0.717) is 0 Å². The van der Waals surface area contributed by atoms with Crippen LogP contribution in [0.4, 0.5) is 0 Å². The highest BCUT2D eigenvalue weighted by Gasteiger charge is 2.24. The van der Waals surface area contributed by atoms with E-state index in [1.807, 2.05) is 0 Å². The van der Waals surface area contributed by atoms with Gasteiger partial charge in [0.1, 0.15) is 0 Å². The Balaban J connectivity index is 4.16. The van der Waals surface area contributed by atoms with Gasteiger partial charge in [-0.1, -0.05) is 0 Å². The van der Waals surface area contributed by atoms with E-state index in [9.17, 15) is 9.36 Å². The van der Waals surface area contributed by atoms with Gasteiger partial charge in [0, 0.05) is 7.11 Å². The topological polar surface area (TPSA) is 84.7 Å². The smallest absolute Gasteiger partial charge is 0.343 e. The fourth-order valence-corrected chi connectivity index (χ4v) is 1.64. The molecule has 0 aliphatic carbocycles. The maximum absolute atomic E-state index is 11.6. The fraction of sp³-hybridized carbons (Fsp3) is 0.800. The van der Waals surface area contributed by atoms with Crippen molar-refractivity contribution < 1.29 is 13.9 Å². The Labute approximate surface area is 71.6 Å². The summed E-state index contributed by atoms with van der Waals surface area (Å²) in [6, 6.07) is 0. The summed E-state index contributed by atoms with van der Waals surface area (Å²) in [4.78, 5) is 10.3. The van der Waals surface area contributed by atoms with E-state index in [-0.39, 0.29) is 6.54 Å². The lowest BCUT2D eigenvalue weighted by atomic mass is 10.7. The lowest BCUT2D eigenvalue weighted by Gasteiger charge is -2.22. The predicted octanol–water partition coefficient (Wildman–Crippen LogP) is -0.623. The highest BCUT2D eigenvalue weighted by molar-refractivity contribution is 7.54. The van der Waals surface area contributed by atoms with Crippen LogP contribution >= 0.6 is 7.67 Å². The minimum absolute atomic E-state index is 0.163. The van der Waals surface area contributed by atoms with E-state index < -0.39 is 13.6 Å². The second-order valence-electron chi connectivity index (χ2n) is 2.35. The molecule has 7 heteroatoms. The van der Waals surface area contributed by atoms with Gasteiger partial charge < -0.3 is 10.3 Å². The van der Waals surface area contributed by atoms with Crippen LogP contribution in [0.5, 0.6) is 0 Å². The third-order valence-electron chi connectivity index (χ3n) is 1.23. The summed E-state index contributed by atoms with van der Waals surface area (Å²) < 4.78 is 17.7. The largest absolute Gasteiger partial charge is 0.369 e. The lowest BCUT2D eigenvalue weighted by molar-refractivity contribution is -0.117. The van der Waals surface area contributed by atoms with Crippen molar-refractivity contribution in [1.29, 1.82) is 0 Å². The van der Waals surface area contributed by atoms with Crippen LogP contribution in [0, 0.1) is 0 Å². The summed E-state index contributed by atoms with van der Waals surface area (Å²) in [6.45, 7) is -0.163. The van der Waals surface area contributed by atoms with Gasteiger partial charge in [0.05, 0.1) is 6.54 Å². The van der Waals surface area contributed by atoms with Gasteiger partial charge in [0.2, 0.25) is 5.91 Å². The molecule has 1 unspecified atom stereocenters. The molecule has 1 atom stereocenters. The number of primary amides is 1. The molecular weight excluding hydrogens is 181 g/mol. The quantitative estimate of drug-likeness (QED) is 0.571. The maximum Gasteiger partial charge on any atom is 0.343 e. The minimum atomic E-state index is -3.04. The highest BCUT2D eigenvalue weighted by atomic mass is 31.2. The number of nitrogens with one attached hydrogen (secondary N) is 1. The molecule has 12 heavy (non-hydrogen) atoms. The molecule has 0 fully saturated rings. The van der Waals surface area contributed by atoms with Gasteiger partial charge in [-0.25, -0.2) is 9.76 Å². The molecule has 0 saturated carbocycles. The van der Waals surface area contributed by atoms with Crippen LogP contribution in [0.15, 0.2) is 0 Å². The first kappa shape index (κ1) is 11.6. The first-order chi connectivity index (χ1) is 5.42. The summed E-state index contributed by atoms with van der Waals surface area (Å²) in [5, 5.41) is 2.43. The second-order valence-corrected chi connectivity index (χ2v) is 4.87. The summed E-state index contributed by atoms with van der Waals surface area (Å²) in [5.74, 6) is -0.575.